The van der Waals surface area contributed by atoms with Gasteiger partial charge in [-0.05, 0) is 35.0 Å². The predicted octanol–water partition coefficient (Wildman–Crippen LogP) is 3.84. The number of halogens is 1. The van der Waals surface area contributed by atoms with Crippen LogP contribution in [0.5, 0.6) is 5.88 Å². The number of carbonyl (C=O) groups is 1. The Bertz CT molecular complexity index is 1130. The SMILES string of the molecule is COc1ccc(NC(=O)c2ccc(Cl)c(-c3ccc(-c4nn[nH]n4)cc3)c2)cn1. The van der Waals surface area contributed by atoms with Gasteiger partial charge in [0.1, 0.15) is 0 Å². The molecule has 0 aliphatic carbocycles. The first-order chi connectivity index (χ1) is 14.1. The number of H-pyrrole nitrogens is 1. The maximum atomic E-state index is 12.6. The van der Waals surface area contributed by atoms with Gasteiger partial charge >= 0.3 is 0 Å². The monoisotopic (exact) mass is 406 g/mol. The van der Waals surface area contributed by atoms with E-state index in [-0.39, 0.29) is 5.91 Å². The van der Waals surface area contributed by atoms with E-state index in [9.17, 15) is 4.79 Å². The van der Waals surface area contributed by atoms with Gasteiger partial charge < -0.3 is 10.1 Å². The zero-order chi connectivity index (χ0) is 20.2. The van der Waals surface area contributed by atoms with Gasteiger partial charge in [0, 0.05) is 27.8 Å². The van der Waals surface area contributed by atoms with Gasteiger partial charge in [-0.15, -0.1) is 10.2 Å². The van der Waals surface area contributed by atoms with Crippen LogP contribution in [0.4, 0.5) is 5.69 Å². The van der Waals surface area contributed by atoms with Crippen LogP contribution in [0, 0.1) is 0 Å². The van der Waals surface area contributed by atoms with E-state index in [0.29, 0.717) is 28.0 Å². The predicted molar refractivity (Wildman–Crippen MR) is 109 cm³/mol. The van der Waals surface area contributed by atoms with Crippen LogP contribution < -0.4 is 10.1 Å². The Morgan fingerprint density at radius 2 is 1.86 bits per heavy atom. The molecule has 4 aromatic rings. The number of amides is 1. The summed E-state index contributed by atoms with van der Waals surface area (Å²) >= 11 is 6.37. The summed E-state index contributed by atoms with van der Waals surface area (Å²) in [5, 5.41) is 17.2. The van der Waals surface area contributed by atoms with Crippen molar-refractivity contribution < 1.29 is 9.53 Å². The third-order valence-electron chi connectivity index (χ3n) is 4.23. The average molecular weight is 407 g/mol. The van der Waals surface area contributed by atoms with E-state index in [1.807, 2.05) is 24.3 Å². The largest absolute Gasteiger partial charge is 0.481 e. The second-order valence-electron chi connectivity index (χ2n) is 6.05. The topological polar surface area (TPSA) is 106 Å². The number of pyridine rings is 1. The van der Waals surface area contributed by atoms with Gasteiger partial charge in [-0.3, -0.25) is 4.79 Å². The van der Waals surface area contributed by atoms with Gasteiger partial charge in [0.15, 0.2) is 0 Å². The fraction of sp³-hybridized carbons (Fsp3) is 0.0500. The number of methoxy groups -OCH3 is 1. The zero-order valence-corrected chi connectivity index (χ0v) is 16.0. The summed E-state index contributed by atoms with van der Waals surface area (Å²) in [6.45, 7) is 0. The molecule has 144 valence electrons. The highest BCUT2D eigenvalue weighted by Crippen LogP contribution is 2.30. The second kappa shape index (κ2) is 8.07. The molecular weight excluding hydrogens is 392 g/mol. The number of aromatic amines is 1. The number of nitrogens with one attached hydrogen (secondary N) is 2. The van der Waals surface area contributed by atoms with Gasteiger partial charge in [0.05, 0.1) is 19.0 Å². The molecule has 2 aromatic carbocycles. The number of rotatable bonds is 5. The van der Waals surface area contributed by atoms with E-state index in [1.165, 1.54) is 13.3 Å². The van der Waals surface area contributed by atoms with E-state index in [2.05, 4.69) is 30.9 Å². The summed E-state index contributed by atoms with van der Waals surface area (Å²) in [5.74, 6) is 0.711. The lowest BCUT2D eigenvalue weighted by atomic mass is 10.0. The first-order valence-electron chi connectivity index (χ1n) is 8.59. The van der Waals surface area contributed by atoms with Crippen molar-refractivity contribution in [3.05, 3.63) is 71.4 Å². The normalized spacial score (nSPS) is 10.6. The molecule has 0 aliphatic heterocycles. The van der Waals surface area contributed by atoms with Crippen molar-refractivity contribution >= 4 is 23.2 Å². The van der Waals surface area contributed by atoms with Crippen LogP contribution in [0.2, 0.25) is 5.02 Å². The molecule has 0 aliphatic rings. The van der Waals surface area contributed by atoms with Crippen molar-refractivity contribution in [2.24, 2.45) is 0 Å². The highest BCUT2D eigenvalue weighted by molar-refractivity contribution is 6.33. The van der Waals surface area contributed by atoms with Crippen LogP contribution in [0.15, 0.2) is 60.8 Å². The van der Waals surface area contributed by atoms with E-state index in [4.69, 9.17) is 16.3 Å². The van der Waals surface area contributed by atoms with Gasteiger partial charge in [0.25, 0.3) is 5.91 Å². The average Bonchev–Trinajstić information content (AvgIpc) is 3.30. The maximum absolute atomic E-state index is 12.6. The van der Waals surface area contributed by atoms with E-state index in [0.717, 1.165) is 16.7 Å². The molecule has 2 aromatic heterocycles. The molecular formula is C20H15ClN6O2. The minimum absolute atomic E-state index is 0.265. The highest BCUT2D eigenvalue weighted by Gasteiger charge is 2.12. The van der Waals surface area contributed by atoms with Crippen LogP contribution in [0.3, 0.4) is 0 Å². The molecule has 0 unspecified atom stereocenters. The van der Waals surface area contributed by atoms with Crippen LogP contribution in [-0.2, 0) is 0 Å². The molecule has 0 atom stereocenters. The third-order valence-corrected chi connectivity index (χ3v) is 4.56. The zero-order valence-electron chi connectivity index (χ0n) is 15.3. The summed E-state index contributed by atoms with van der Waals surface area (Å²) in [6, 6.07) is 16.0. The maximum Gasteiger partial charge on any atom is 0.255 e. The Balaban J connectivity index is 1.57. The van der Waals surface area contributed by atoms with Crippen molar-refractivity contribution in [2.75, 3.05) is 12.4 Å². The van der Waals surface area contributed by atoms with Crippen molar-refractivity contribution in [3.63, 3.8) is 0 Å². The number of nitrogens with zero attached hydrogens (tertiary/aromatic N) is 4. The Hall–Kier alpha value is -3.78. The van der Waals surface area contributed by atoms with E-state index >= 15 is 0 Å². The van der Waals surface area contributed by atoms with Gasteiger partial charge in [-0.2, -0.15) is 5.21 Å². The number of anilines is 1. The van der Waals surface area contributed by atoms with Crippen molar-refractivity contribution in [2.45, 2.75) is 0 Å². The quantitative estimate of drug-likeness (QED) is 0.521. The molecule has 1 amide bonds. The number of hydrogen-bond acceptors (Lipinski definition) is 6. The van der Waals surface area contributed by atoms with Gasteiger partial charge in [-0.25, -0.2) is 4.98 Å². The molecule has 0 radical (unpaired) electrons. The lowest BCUT2D eigenvalue weighted by Gasteiger charge is -2.10. The van der Waals surface area contributed by atoms with Gasteiger partial charge in [0.2, 0.25) is 11.7 Å². The number of ether oxygens (including phenoxy) is 1. The lowest BCUT2D eigenvalue weighted by Crippen LogP contribution is -2.12. The van der Waals surface area contributed by atoms with Crippen LogP contribution >= 0.6 is 11.6 Å². The Labute approximate surface area is 170 Å². The number of hydrogen-bond donors (Lipinski definition) is 2. The fourth-order valence-corrected chi connectivity index (χ4v) is 2.98. The minimum Gasteiger partial charge on any atom is -0.481 e. The number of benzene rings is 2. The van der Waals surface area contributed by atoms with Gasteiger partial charge in [-0.1, -0.05) is 35.9 Å². The minimum atomic E-state index is -0.265. The molecule has 8 nitrogen and oxygen atoms in total. The van der Waals surface area contributed by atoms with E-state index in [1.54, 1.807) is 30.3 Å². The molecule has 0 spiro atoms. The Morgan fingerprint density at radius 3 is 2.52 bits per heavy atom. The second-order valence-corrected chi connectivity index (χ2v) is 6.46. The summed E-state index contributed by atoms with van der Waals surface area (Å²) in [5.41, 5.74) is 3.47. The lowest BCUT2D eigenvalue weighted by molar-refractivity contribution is 0.102. The molecule has 0 fully saturated rings. The van der Waals surface area contributed by atoms with Crippen molar-refractivity contribution in [3.8, 4) is 28.4 Å². The Morgan fingerprint density at radius 1 is 1.07 bits per heavy atom. The fourth-order valence-electron chi connectivity index (χ4n) is 2.75. The van der Waals surface area contributed by atoms with Crippen LogP contribution in [-0.4, -0.2) is 38.6 Å². The number of carbonyl (C=O) groups excluding carboxylic acids is 1. The smallest absolute Gasteiger partial charge is 0.255 e. The van der Waals surface area contributed by atoms with E-state index < -0.39 is 0 Å². The molecule has 2 N–H and O–H groups in total. The van der Waals surface area contributed by atoms with Crippen LogP contribution in [0.1, 0.15) is 10.4 Å². The standard InChI is InChI=1S/C20H15ClN6O2/c1-29-18-9-7-15(11-22-18)23-20(28)14-6-8-17(21)16(10-14)12-2-4-13(5-3-12)19-24-26-27-25-19/h2-11H,1H3,(H,23,28)(H,24,25,26,27). The highest BCUT2D eigenvalue weighted by atomic mass is 35.5. The summed E-state index contributed by atoms with van der Waals surface area (Å²) in [4.78, 5) is 16.7. The molecule has 0 saturated heterocycles. The summed E-state index contributed by atoms with van der Waals surface area (Å²) < 4.78 is 5.02. The molecule has 9 heteroatoms. The molecule has 0 bridgehead atoms. The summed E-state index contributed by atoms with van der Waals surface area (Å²) in [6.07, 6.45) is 1.53. The first-order valence-corrected chi connectivity index (χ1v) is 8.97. The summed E-state index contributed by atoms with van der Waals surface area (Å²) in [7, 11) is 1.53. The van der Waals surface area contributed by atoms with Crippen molar-refractivity contribution in [1.82, 2.24) is 25.6 Å². The molecule has 2 heterocycles. The molecule has 4 rings (SSSR count). The molecule has 29 heavy (non-hydrogen) atoms. The van der Waals surface area contributed by atoms with Crippen molar-refractivity contribution in [1.29, 1.82) is 0 Å². The first kappa shape index (κ1) is 18.6. The Kier molecular flexibility index (Phi) is 5.17. The molecule has 0 saturated carbocycles. The number of aromatic nitrogens is 5. The third kappa shape index (κ3) is 4.07. The van der Waals surface area contributed by atoms with Crippen LogP contribution in [0.25, 0.3) is 22.5 Å². The number of tetrazole rings is 1.